The van der Waals surface area contributed by atoms with Crippen LogP contribution in [0.3, 0.4) is 0 Å². The van der Waals surface area contributed by atoms with Crippen LogP contribution in [0, 0.1) is 13.8 Å². The lowest BCUT2D eigenvalue weighted by Crippen LogP contribution is -2.15. The van der Waals surface area contributed by atoms with Gasteiger partial charge in [0.05, 0.1) is 19.4 Å². The summed E-state index contributed by atoms with van der Waals surface area (Å²) in [5, 5.41) is 15.8. The number of hydrogen-bond donors (Lipinski definition) is 2. The molecular weight excluding hydrogens is 446 g/mol. The average Bonchev–Trinajstić information content (AvgIpc) is 3.26. The van der Waals surface area contributed by atoms with Gasteiger partial charge in [-0.25, -0.2) is 0 Å². The van der Waals surface area contributed by atoms with Crippen LogP contribution in [0.2, 0.25) is 0 Å². The molecule has 0 aliphatic carbocycles. The van der Waals surface area contributed by atoms with Gasteiger partial charge in [0.1, 0.15) is 5.75 Å². The highest BCUT2D eigenvalue weighted by Crippen LogP contribution is 2.25. The Bertz CT molecular complexity index is 1270. The van der Waals surface area contributed by atoms with Crippen molar-refractivity contribution in [2.24, 2.45) is 0 Å². The van der Waals surface area contributed by atoms with Crippen molar-refractivity contribution in [1.82, 2.24) is 14.8 Å². The third-order valence-corrected chi connectivity index (χ3v) is 6.29. The number of methoxy groups -OCH3 is 1. The first-order valence-electron chi connectivity index (χ1n) is 10.9. The normalized spacial score (nSPS) is 10.7. The lowest BCUT2D eigenvalue weighted by Gasteiger charge is -2.13. The average molecular weight is 474 g/mol. The van der Waals surface area contributed by atoms with Gasteiger partial charge in [-0.15, -0.1) is 10.2 Å². The molecule has 3 aromatic carbocycles. The molecule has 174 valence electrons. The summed E-state index contributed by atoms with van der Waals surface area (Å²) >= 11 is 1.35. The van der Waals surface area contributed by atoms with Gasteiger partial charge in [-0.1, -0.05) is 42.1 Å². The molecule has 0 unspecified atom stereocenters. The van der Waals surface area contributed by atoms with E-state index in [1.54, 1.807) is 13.2 Å². The lowest BCUT2D eigenvalue weighted by molar-refractivity contribution is -0.113. The summed E-state index contributed by atoms with van der Waals surface area (Å²) in [6.07, 6.45) is 0. The molecule has 7 nitrogen and oxygen atoms in total. The predicted octanol–water partition coefficient (Wildman–Crippen LogP) is 5.24. The van der Waals surface area contributed by atoms with Crippen LogP contribution in [0.15, 0.2) is 78.0 Å². The quantitative estimate of drug-likeness (QED) is 0.324. The lowest BCUT2D eigenvalue weighted by atomic mass is 10.1. The maximum absolute atomic E-state index is 12.6. The molecule has 4 aromatic rings. The maximum atomic E-state index is 12.6. The first-order valence-corrected chi connectivity index (χ1v) is 11.9. The van der Waals surface area contributed by atoms with Crippen molar-refractivity contribution in [2.45, 2.75) is 25.5 Å². The molecule has 0 aliphatic heterocycles. The zero-order valence-corrected chi connectivity index (χ0v) is 20.2. The second kappa shape index (κ2) is 10.9. The minimum absolute atomic E-state index is 0.128. The summed E-state index contributed by atoms with van der Waals surface area (Å²) in [6, 6.07) is 23.5. The van der Waals surface area contributed by atoms with E-state index < -0.39 is 0 Å². The zero-order valence-electron chi connectivity index (χ0n) is 19.4. The van der Waals surface area contributed by atoms with E-state index in [9.17, 15) is 4.79 Å². The second-order valence-electron chi connectivity index (χ2n) is 7.79. The number of hydrogen-bond acceptors (Lipinski definition) is 6. The van der Waals surface area contributed by atoms with Crippen LogP contribution < -0.4 is 15.4 Å². The molecule has 1 aromatic heterocycles. The first-order chi connectivity index (χ1) is 16.5. The molecule has 0 fully saturated rings. The van der Waals surface area contributed by atoms with E-state index in [-0.39, 0.29) is 11.7 Å². The van der Waals surface area contributed by atoms with Gasteiger partial charge >= 0.3 is 0 Å². The number of ether oxygens (including phenoxy) is 1. The van der Waals surface area contributed by atoms with Gasteiger partial charge in [0, 0.05) is 23.1 Å². The molecule has 0 saturated carbocycles. The molecule has 8 heteroatoms. The number of aromatic nitrogens is 3. The predicted molar refractivity (Wildman–Crippen MR) is 137 cm³/mol. The summed E-state index contributed by atoms with van der Waals surface area (Å²) in [5.74, 6) is 1.53. The largest absolute Gasteiger partial charge is 0.497 e. The zero-order chi connectivity index (χ0) is 23.9. The van der Waals surface area contributed by atoms with E-state index >= 15 is 0 Å². The molecule has 1 amide bonds. The molecule has 34 heavy (non-hydrogen) atoms. The molecule has 4 rings (SSSR count). The van der Waals surface area contributed by atoms with Crippen molar-refractivity contribution in [1.29, 1.82) is 0 Å². The number of benzene rings is 3. The number of anilines is 2. The van der Waals surface area contributed by atoms with Gasteiger partial charge in [-0.2, -0.15) is 0 Å². The summed E-state index contributed by atoms with van der Waals surface area (Å²) in [7, 11) is 1.60. The monoisotopic (exact) mass is 473 g/mol. The maximum Gasteiger partial charge on any atom is 0.234 e. The van der Waals surface area contributed by atoms with E-state index in [2.05, 4.69) is 52.9 Å². The van der Waals surface area contributed by atoms with Crippen molar-refractivity contribution in [3.63, 3.8) is 0 Å². The summed E-state index contributed by atoms with van der Waals surface area (Å²) in [6.45, 7) is 4.67. The van der Waals surface area contributed by atoms with Gasteiger partial charge in [0.15, 0.2) is 11.0 Å². The Morgan fingerprint density at radius 2 is 1.74 bits per heavy atom. The number of carbonyl (C=O) groups is 1. The van der Waals surface area contributed by atoms with Crippen molar-refractivity contribution in [3.05, 3.63) is 89.7 Å². The van der Waals surface area contributed by atoms with Crippen LogP contribution in [0.1, 0.15) is 17.0 Å². The number of carbonyl (C=O) groups excluding carboxylic acids is 1. The van der Waals surface area contributed by atoms with E-state index in [0.717, 1.165) is 17.2 Å². The molecule has 1 heterocycles. The van der Waals surface area contributed by atoms with Gasteiger partial charge in [-0.05, 0) is 61.4 Å². The van der Waals surface area contributed by atoms with Crippen LogP contribution >= 0.6 is 11.8 Å². The summed E-state index contributed by atoms with van der Waals surface area (Å²) in [5.41, 5.74) is 5.05. The van der Waals surface area contributed by atoms with E-state index in [0.29, 0.717) is 23.1 Å². The highest BCUT2D eigenvalue weighted by atomic mass is 32.2. The first kappa shape index (κ1) is 23.4. The number of rotatable bonds is 9. The van der Waals surface area contributed by atoms with Crippen molar-refractivity contribution in [3.8, 4) is 11.4 Å². The molecule has 0 saturated heterocycles. The highest BCUT2D eigenvalue weighted by molar-refractivity contribution is 7.99. The molecule has 0 bridgehead atoms. The Morgan fingerprint density at radius 1 is 0.941 bits per heavy atom. The number of aryl methyl sites for hydroxylation is 2. The SMILES string of the molecule is COc1cccc(NC(=O)CSc2nnc(CNc3ccccc3)n2-c2ccc(C)c(C)c2)c1. The molecule has 0 spiro atoms. The summed E-state index contributed by atoms with van der Waals surface area (Å²) < 4.78 is 7.23. The number of amides is 1. The third-order valence-electron chi connectivity index (χ3n) is 5.36. The topological polar surface area (TPSA) is 81.1 Å². The number of nitrogens with zero attached hydrogens (tertiary/aromatic N) is 3. The Morgan fingerprint density at radius 3 is 2.50 bits per heavy atom. The minimum Gasteiger partial charge on any atom is -0.497 e. The highest BCUT2D eigenvalue weighted by Gasteiger charge is 2.16. The second-order valence-corrected chi connectivity index (χ2v) is 8.73. The molecule has 2 N–H and O–H groups in total. The Labute approximate surface area is 203 Å². The number of para-hydroxylation sites is 1. The summed E-state index contributed by atoms with van der Waals surface area (Å²) in [4.78, 5) is 12.6. The van der Waals surface area contributed by atoms with Crippen molar-refractivity contribution < 1.29 is 9.53 Å². The molecule has 0 aliphatic rings. The van der Waals surface area contributed by atoms with Crippen molar-refractivity contribution in [2.75, 3.05) is 23.5 Å². The fourth-order valence-corrected chi connectivity index (χ4v) is 4.17. The van der Waals surface area contributed by atoms with Crippen LogP contribution in [0.4, 0.5) is 11.4 Å². The van der Waals surface area contributed by atoms with Crippen LogP contribution in [0.25, 0.3) is 5.69 Å². The molecule has 0 atom stereocenters. The molecular formula is C26H27N5O2S. The smallest absolute Gasteiger partial charge is 0.234 e. The minimum atomic E-state index is -0.128. The number of nitrogens with one attached hydrogen (secondary N) is 2. The fraction of sp³-hybridized carbons (Fsp3) is 0.192. The van der Waals surface area contributed by atoms with Gasteiger partial charge in [0.25, 0.3) is 0 Å². The number of thioether (sulfide) groups is 1. The van der Waals surface area contributed by atoms with Gasteiger partial charge in [0.2, 0.25) is 5.91 Å². The van der Waals surface area contributed by atoms with Crippen LogP contribution in [-0.4, -0.2) is 33.5 Å². The van der Waals surface area contributed by atoms with Crippen LogP contribution in [0.5, 0.6) is 5.75 Å². The third kappa shape index (κ3) is 5.77. The molecule has 0 radical (unpaired) electrons. The van der Waals surface area contributed by atoms with Crippen LogP contribution in [-0.2, 0) is 11.3 Å². The fourth-order valence-electron chi connectivity index (χ4n) is 3.40. The Hall–Kier alpha value is -3.78. The Kier molecular flexibility index (Phi) is 7.49. The van der Waals surface area contributed by atoms with E-state index in [1.807, 2.05) is 53.1 Å². The van der Waals surface area contributed by atoms with Gasteiger partial charge in [-0.3, -0.25) is 9.36 Å². The van der Waals surface area contributed by atoms with Crippen molar-refractivity contribution >= 4 is 29.0 Å². The van der Waals surface area contributed by atoms with E-state index in [1.165, 1.54) is 22.9 Å². The Balaban J connectivity index is 1.53. The van der Waals surface area contributed by atoms with Gasteiger partial charge < -0.3 is 15.4 Å². The standard InChI is InChI=1S/C26H27N5O2S/c1-18-12-13-22(14-19(18)2)31-24(16-27-20-8-5-4-6-9-20)29-30-26(31)34-17-25(32)28-21-10-7-11-23(15-21)33-3/h4-15,27H,16-17H2,1-3H3,(H,28,32). The van der Waals surface area contributed by atoms with E-state index in [4.69, 9.17) is 4.74 Å².